The molecule has 0 fully saturated rings. The van der Waals surface area contributed by atoms with Gasteiger partial charge in [0.05, 0.1) is 9.82 Å². The minimum absolute atomic E-state index is 0.0814. The zero-order valence-corrected chi connectivity index (χ0v) is 12.4. The van der Waals surface area contributed by atoms with Gasteiger partial charge in [-0.2, -0.15) is 0 Å². The number of nitro groups is 1. The van der Waals surface area contributed by atoms with E-state index in [0.29, 0.717) is 13.1 Å². The molecule has 110 valence electrons. The van der Waals surface area contributed by atoms with Crippen LogP contribution in [0.3, 0.4) is 0 Å². The minimum atomic E-state index is -4.16. The number of benzene rings is 1. The Hall–Kier alpha value is -1.67. The summed E-state index contributed by atoms with van der Waals surface area (Å²) in [5.74, 6) is -0.486. The molecular formula is C11H13ClN2O5S. The fraction of sp³-hybridized carbons (Fsp3) is 0.364. The Balaban J connectivity index is 3.44. The SMILES string of the molecule is CCN(CC)C(=O)c1cc([N+](=O)[O-])cc(S(=O)(=O)Cl)c1. The van der Waals surface area contributed by atoms with E-state index in [1.165, 1.54) is 4.90 Å². The van der Waals surface area contributed by atoms with E-state index >= 15 is 0 Å². The van der Waals surface area contributed by atoms with Crippen LogP contribution < -0.4 is 0 Å². The fourth-order valence-electron chi connectivity index (χ4n) is 1.65. The molecule has 0 saturated carbocycles. The predicted octanol–water partition coefficient (Wildman–Crippen LogP) is 2.00. The second kappa shape index (κ2) is 6.19. The molecule has 1 aromatic rings. The molecule has 0 aliphatic carbocycles. The molecule has 0 saturated heterocycles. The van der Waals surface area contributed by atoms with E-state index in [-0.39, 0.29) is 5.56 Å². The molecule has 0 aliphatic rings. The van der Waals surface area contributed by atoms with Crippen molar-refractivity contribution in [2.45, 2.75) is 18.7 Å². The van der Waals surface area contributed by atoms with Crippen LogP contribution in [0.5, 0.6) is 0 Å². The van der Waals surface area contributed by atoms with Crippen LogP contribution in [0.4, 0.5) is 5.69 Å². The third-order valence-corrected chi connectivity index (χ3v) is 4.01. The second-order valence-corrected chi connectivity index (χ2v) is 6.45. The summed E-state index contributed by atoms with van der Waals surface area (Å²) < 4.78 is 22.6. The number of nitrogens with zero attached hydrogens (tertiary/aromatic N) is 2. The summed E-state index contributed by atoms with van der Waals surface area (Å²) in [6.45, 7) is 4.30. The first-order chi connectivity index (χ1) is 9.20. The van der Waals surface area contributed by atoms with E-state index in [1.54, 1.807) is 13.8 Å². The summed E-state index contributed by atoms with van der Waals surface area (Å²) >= 11 is 0. The van der Waals surface area contributed by atoms with Crippen LogP contribution in [-0.2, 0) is 9.05 Å². The van der Waals surface area contributed by atoms with E-state index in [4.69, 9.17) is 10.7 Å². The van der Waals surface area contributed by atoms with E-state index < -0.39 is 30.5 Å². The third kappa shape index (κ3) is 3.67. The molecule has 0 aliphatic heterocycles. The molecule has 9 heteroatoms. The summed E-state index contributed by atoms with van der Waals surface area (Å²) in [6, 6.07) is 2.89. The zero-order chi connectivity index (χ0) is 15.5. The summed E-state index contributed by atoms with van der Waals surface area (Å²) in [6.07, 6.45) is 0. The van der Waals surface area contributed by atoms with Gasteiger partial charge < -0.3 is 4.90 Å². The Labute approximate surface area is 120 Å². The van der Waals surface area contributed by atoms with Crippen LogP contribution in [-0.4, -0.2) is 37.2 Å². The largest absolute Gasteiger partial charge is 0.339 e. The van der Waals surface area contributed by atoms with Gasteiger partial charge in [0, 0.05) is 41.5 Å². The number of hydrogen-bond acceptors (Lipinski definition) is 5. The summed E-state index contributed by atoms with van der Waals surface area (Å²) in [5.41, 5.74) is -0.579. The van der Waals surface area contributed by atoms with Gasteiger partial charge in [0.15, 0.2) is 0 Å². The maximum atomic E-state index is 12.1. The first-order valence-electron chi connectivity index (χ1n) is 5.74. The number of carbonyl (C=O) groups is 1. The van der Waals surface area contributed by atoms with Crippen molar-refractivity contribution < 1.29 is 18.1 Å². The number of rotatable bonds is 5. The maximum Gasteiger partial charge on any atom is 0.271 e. The molecule has 1 amide bonds. The van der Waals surface area contributed by atoms with E-state index in [2.05, 4.69) is 0 Å². The van der Waals surface area contributed by atoms with E-state index in [1.807, 2.05) is 0 Å². The third-order valence-electron chi connectivity index (χ3n) is 2.68. The van der Waals surface area contributed by atoms with E-state index in [0.717, 1.165) is 18.2 Å². The van der Waals surface area contributed by atoms with Crippen molar-refractivity contribution in [2.75, 3.05) is 13.1 Å². The van der Waals surface area contributed by atoms with Crippen molar-refractivity contribution in [3.8, 4) is 0 Å². The average Bonchev–Trinajstić information content (AvgIpc) is 2.38. The molecule has 0 aromatic heterocycles. The summed E-state index contributed by atoms with van der Waals surface area (Å²) in [5, 5.41) is 10.8. The standard InChI is InChI=1S/C11H13ClN2O5S/c1-3-13(4-2)11(15)8-5-9(14(16)17)7-10(6-8)20(12,18)19/h5-7H,3-4H2,1-2H3. The van der Waals surface area contributed by atoms with Gasteiger partial charge in [-0.1, -0.05) is 0 Å². The molecule has 0 N–H and O–H groups in total. The van der Waals surface area contributed by atoms with Crippen molar-refractivity contribution in [1.82, 2.24) is 4.90 Å². The van der Waals surface area contributed by atoms with Gasteiger partial charge in [-0.3, -0.25) is 14.9 Å². The number of hydrogen-bond donors (Lipinski definition) is 0. The highest BCUT2D eigenvalue weighted by Gasteiger charge is 2.22. The van der Waals surface area contributed by atoms with E-state index in [9.17, 15) is 23.3 Å². The monoisotopic (exact) mass is 320 g/mol. The van der Waals surface area contributed by atoms with Gasteiger partial charge >= 0.3 is 0 Å². The zero-order valence-electron chi connectivity index (χ0n) is 10.9. The van der Waals surface area contributed by atoms with Crippen LogP contribution in [0.15, 0.2) is 23.1 Å². The molecule has 1 aromatic carbocycles. The Kier molecular flexibility index (Phi) is 5.07. The number of amides is 1. The van der Waals surface area contributed by atoms with Gasteiger partial charge in [-0.05, 0) is 19.9 Å². The van der Waals surface area contributed by atoms with Crippen molar-refractivity contribution in [3.63, 3.8) is 0 Å². The van der Waals surface area contributed by atoms with Gasteiger partial charge in [0.1, 0.15) is 0 Å². The van der Waals surface area contributed by atoms with Gasteiger partial charge in [0.25, 0.3) is 20.6 Å². The molecule has 1 rings (SSSR count). The summed E-state index contributed by atoms with van der Waals surface area (Å²) in [4.78, 5) is 23.1. The van der Waals surface area contributed by atoms with Crippen LogP contribution >= 0.6 is 10.7 Å². The fourth-order valence-corrected chi connectivity index (χ4v) is 2.44. The minimum Gasteiger partial charge on any atom is -0.339 e. The highest BCUT2D eigenvalue weighted by Crippen LogP contribution is 2.24. The number of carbonyl (C=O) groups excluding carboxylic acids is 1. The molecule has 0 heterocycles. The van der Waals surface area contributed by atoms with Crippen LogP contribution in [0, 0.1) is 10.1 Å². The van der Waals surface area contributed by atoms with Gasteiger partial charge in [0.2, 0.25) is 0 Å². The lowest BCUT2D eigenvalue weighted by atomic mass is 10.1. The molecule has 0 spiro atoms. The first kappa shape index (κ1) is 16.4. The number of halogens is 1. The highest BCUT2D eigenvalue weighted by atomic mass is 35.7. The van der Waals surface area contributed by atoms with Crippen molar-refractivity contribution in [2.24, 2.45) is 0 Å². The Bertz CT molecular complexity index is 640. The smallest absolute Gasteiger partial charge is 0.271 e. The van der Waals surface area contributed by atoms with Crippen molar-refractivity contribution >= 4 is 31.3 Å². The van der Waals surface area contributed by atoms with Crippen molar-refractivity contribution in [1.29, 1.82) is 0 Å². The lowest BCUT2D eigenvalue weighted by Gasteiger charge is -2.18. The van der Waals surface area contributed by atoms with Gasteiger partial charge in [-0.15, -0.1) is 0 Å². The van der Waals surface area contributed by atoms with Crippen molar-refractivity contribution in [3.05, 3.63) is 33.9 Å². The lowest BCUT2D eigenvalue weighted by molar-refractivity contribution is -0.385. The Morgan fingerprint density at radius 1 is 1.30 bits per heavy atom. The van der Waals surface area contributed by atoms with Gasteiger partial charge in [-0.25, -0.2) is 8.42 Å². The Morgan fingerprint density at radius 3 is 2.25 bits per heavy atom. The highest BCUT2D eigenvalue weighted by molar-refractivity contribution is 8.13. The van der Waals surface area contributed by atoms with Crippen LogP contribution in [0.25, 0.3) is 0 Å². The lowest BCUT2D eigenvalue weighted by Crippen LogP contribution is -2.30. The molecule has 0 atom stereocenters. The Morgan fingerprint density at radius 2 is 1.85 bits per heavy atom. The maximum absolute atomic E-state index is 12.1. The molecule has 20 heavy (non-hydrogen) atoms. The molecule has 0 bridgehead atoms. The first-order valence-corrected chi connectivity index (χ1v) is 8.05. The molecular weight excluding hydrogens is 308 g/mol. The van der Waals surface area contributed by atoms with Crippen LogP contribution in [0.2, 0.25) is 0 Å². The second-order valence-electron chi connectivity index (χ2n) is 3.89. The average molecular weight is 321 g/mol. The predicted molar refractivity (Wildman–Crippen MR) is 73.4 cm³/mol. The molecule has 0 unspecified atom stereocenters. The van der Waals surface area contributed by atoms with Crippen LogP contribution in [0.1, 0.15) is 24.2 Å². The molecule has 7 nitrogen and oxygen atoms in total. The number of nitro benzene ring substituents is 1. The molecule has 0 radical (unpaired) electrons. The number of non-ortho nitro benzene ring substituents is 1. The normalized spacial score (nSPS) is 11.2. The summed E-state index contributed by atoms with van der Waals surface area (Å²) in [7, 11) is 1.03. The topological polar surface area (TPSA) is 97.6 Å². The quantitative estimate of drug-likeness (QED) is 0.469.